The molecule has 3 rings (SSSR count). The molecule has 0 N–H and O–H groups in total. The zero-order valence-corrected chi connectivity index (χ0v) is 16.1. The molecular weight excluding hydrogens is 330 g/mol. The minimum atomic E-state index is 0.0200. The highest BCUT2D eigenvalue weighted by Gasteiger charge is 2.32. The molecule has 0 radical (unpaired) electrons. The van der Waals surface area contributed by atoms with Gasteiger partial charge >= 0.3 is 0 Å². The molecule has 0 bridgehead atoms. The molecule has 1 fully saturated rings. The van der Waals surface area contributed by atoms with Crippen LogP contribution in [0.5, 0.6) is 0 Å². The second-order valence-electron chi connectivity index (χ2n) is 7.58. The Kier molecular flexibility index (Phi) is 6.33. The van der Waals surface area contributed by atoms with Crippen LogP contribution in [0, 0.1) is 0 Å². The molecular formula is C20H31N3O3. The number of unbranched alkanes of at least 4 members (excludes halogenated alkanes) is 1. The molecule has 2 aliphatic rings. The van der Waals surface area contributed by atoms with E-state index in [-0.39, 0.29) is 17.9 Å². The standard InChI is InChI=1S/C20H31N3O3/c1-3-4-12-23(16-10-13-22(14-11-16)15(2)24)20(25)19-17-8-6-5-7-9-18(17)26-21-19/h16H,3-14H2,1-2H3. The Morgan fingerprint density at radius 3 is 2.62 bits per heavy atom. The second kappa shape index (κ2) is 8.69. The summed E-state index contributed by atoms with van der Waals surface area (Å²) in [6.07, 6.45) is 8.89. The Morgan fingerprint density at radius 1 is 1.19 bits per heavy atom. The van der Waals surface area contributed by atoms with Gasteiger partial charge < -0.3 is 14.3 Å². The maximum atomic E-state index is 13.3. The minimum absolute atomic E-state index is 0.0200. The topological polar surface area (TPSA) is 66.7 Å². The quantitative estimate of drug-likeness (QED) is 0.756. The number of fused-ring (bicyclic) bond motifs is 1. The number of carbonyl (C=O) groups excluding carboxylic acids is 2. The van der Waals surface area contributed by atoms with Crippen LogP contribution in [0.4, 0.5) is 0 Å². The molecule has 1 aliphatic heterocycles. The van der Waals surface area contributed by atoms with Crippen molar-refractivity contribution in [2.24, 2.45) is 0 Å². The molecule has 2 amide bonds. The monoisotopic (exact) mass is 361 g/mol. The maximum absolute atomic E-state index is 13.3. The third-order valence-electron chi connectivity index (χ3n) is 5.77. The van der Waals surface area contributed by atoms with Gasteiger partial charge in [-0.15, -0.1) is 0 Å². The van der Waals surface area contributed by atoms with Crippen molar-refractivity contribution in [3.05, 3.63) is 17.0 Å². The summed E-state index contributed by atoms with van der Waals surface area (Å²) in [6.45, 7) is 5.97. The van der Waals surface area contributed by atoms with E-state index in [9.17, 15) is 9.59 Å². The van der Waals surface area contributed by atoms with Crippen molar-refractivity contribution in [3.63, 3.8) is 0 Å². The zero-order chi connectivity index (χ0) is 18.5. The van der Waals surface area contributed by atoms with Crippen LogP contribution >= 0.6 is 0 Å². The van der Waals surface area contributed by atoms with E-state index < -0.39 is 0 Å². The SMILES string of the molecule is CCCCN(C(=O)c1noc2c1CCCCC2)C1CCN(C(C)=O)CC1. The van der Waals surface area contributed by atoms with Crippen molar-refractivity contribution < 1.29 is 14.1 Å². The number of nitrogens with zero attached hydrogens (tertiary/aromatic N) is 3. The first-order chi connectivity index (χ1) is 12.6. The Labute approximate surface area is 155 Å². The van der Waals surface area contributed by atoms with E-state index in [1.54, 1.807) is 6.92 Å². The molecule has 144 valence electrons. The lowest BCUT2D eigenvalue weighted by Gasteiger charge is -2.38. The molecule has 6 heteroatoms. The zero-order valence-electron chi connectivity index (χ0n) is 16.1. The number of likely N-dealkylation sites (tertiary alicyclic amines) is 1. The van der Waals surface area contributed by atoms with E-state index >= 15 is 0 Å². The maximum Gasteiger partial charge on any atom is 0.276 e. The third kappa shape index (κ3) is 4.10. The van der Waals surface area contributed by atoms with Crippen LogP contribution in [-0.4, -0.2) is 52.4 Å². The average Bonchev–Trinajstić information content (AvgIpc) is 2.90. The van der Waals surface area contributed by atoms with E-state index in [2.05, 4.69) is 12.1 Å². The van der Waals surface area contributed by atoms with Gasteiger partial charge in [0.2, 0.25) is 5.91 Å². The number of piperidine rings is 1. The average molecular weight is 361 g/mol. The first-order valence-electron chi connectivity index (χ1n) is 10.2. The number of amides is 2. The number of aryl methyl sites for hydroxylation is 1. The number of carbonyl (C=O) groups is 2. The molecule has 1 saturated heterocycles. The second-order valence-corrected chi connectivity index (χ2v) is 7.58. The molecule has 0 atom stereocenters. The van der Waals surface area contributed by atoms with E-state index in [4.69, 9.17) is 4.52 Å². The third-order valence-corrected chi connectivity index (χ3v) is 5.77. The summed E-state index contributed by atoms with van der Waals surface area (Å²) in [6, 6.07) is 0.183. The fraction of sp³-hybridized carbons (Fsp3) is 0.750. The Morgan fingerprint density at radius 2 is 1.92 bits per heavy atom. The first-order valence-corrected chi connectivity index (χ1v) is 10.2. The Bertz CT molecular complexity index is 632. The van der Waals surface area contributed by atoms with Crippen LogP contribution in [0.2, 0.25) is 0 Å². The Hall–Kier alpha value is -1.85. The molecule has 1 aliphatic carbocycles. The molecule has 0 saturated carbocycles. The van der Waals surface area contributed by atoms with E-state index in [0.29, 0.717) is 5.69 Å². The van der Waals surface area contributed by atoms with Crippen LogP contribution in [0.1, 0.15) is 80.6 Å². The summed E-state index contributed by atoms with van der Waals surface area (Å²) in [5, 5.41) is 4.18. The summed E-state index contributed by atoms with van der Waals surface area (Å²) < 4.78 is 5.53. The molecule has 0 spiro atoms. The van der Waals surface area contributed by atoms with Gasteiger partial charge in [-0.2, -0.15) is 0 Å². The van der Waals surface area contributed by atoms with E-state index in [0.717, 1.165) is 82.3 Å². The van der Waals surface area contributed by atoms with Gasteiger partial charge in [0.15, 0.2) is 5.69 Å². The van der Waals surface area contributed by atoms with Gasteiger partial charge in [-0.3, -0.25) is 9.59 Å². The van der Waals surface area contributed by atoms with Crippen molar-refractivity contribution in [1.29, 1.82) is 0 Å². The van der Waals surface area contributed by atoms with Gasteiger partial charge in [0, 0.05) is 44.6 Å². The molecule has 0 unspecified atom stereocenters. The molecule has 26 heavy (non-hydrogen) atoms. The molecule has 1 aromatic heterocycles. The molecule has 0 aromatic carbocycles. The van der Waals surface area contributed by atoms with Gasteiger partial charge in [0.25, 0.3) is 5.91 Å². The number of rotatable bonds is 5. The van der Waals surface area contributed by atoms with Crippen LogP contribution in [0.3, 0.4) is 0 Å². The van der Waals surface area contributed by atoms with Crippen molar-refractivity contribution in [2.75, 3.05) is 19.6 Å². The van der Waals surface area contributed by atoms with Crippen molar-refractivity contribution in [3.8, 4) is 0 Å². The van der Waals surface area contributed by atoms with E-state index in [1.165, 1.54) is 6.42 Å². The van der Waals surface area contributed by atoms with Gasteiger partial charge in [0.1, 0.15) is 5.76 Å². The predicted octanol–water partition coefficient (Wildman–Crippen LogP) is 3.20. The summed E-state index contributed by atoms with van der Waals surface area (Å²) >= 11 is 0. The number of hydrogen-bond donors (Lipinski definition) is 0. The van der Waals surface area contributed by atoms with Crippen LogP contribution in [-0.2, 0) is 17.6 Å². The highest BCUT2D eigenvalue weighted by atomic mass is 16.5. The van der Waals surface area contributed by atoms with Gasteiger partial charge in [-0.25, -0.2) is 0 Å². The minimum Gasteiger partial charge on any atom is -0.360 e. The van der Waals surface area contributed by atoms with Gasteiger partial charge in [-0.1, -0.05) is 24.9 Å². The van der Waals surface area contributed by atoms with Gasteiger partial charge in [0.05, 0.1) is 0 Å². The fourth-order valence-corrected chi connectivity index (χ4v) is 4.14. The summed E-state index contributed by atoms with van der Waals surface area (Å²) in [4.78, 5) is 28.8. The fourth-order valence-electron chi connectivity index (χ4n) is 4.14. The molecule has 1 aromatic rings. The number of aromatic nitrogens is 1. The smallest absolute Gasteiger partial charge is 0.276 e. The van der Waals surface area contributed by atoms with Crippen molar-refractivity contribution in [2.45, 2.75) is 77.7 Å². The summed E-state index contributed by atoms with van der Waals surface area (Å²) in [5.41, 5.74) is 1.57. The lowest BCUT2D eigenvalue weighted by Crippen LogP contribution is -2.49. The largest absolute Gasteiger partial charge is 0.360 e. The number of hydrogen-bond acceptors (Lipinski definition) is 4. The lowest BCUT2D eigenvalue weighted by atomic mass is 10.0. The first kappa shape index (κ1) is 18.9. The predicted molar refractivity (Wildman–Crippen MR) is 99.0 cm³/mol. The van der Waals surface area contributed by atoms with Gasteiger partial charge in [-0.05, 0) is 38.5 Å². The Balaban J connectivity index is 1.76. The van der Waals surface area contributed by atoms with Crippen LogP contribution in [0.15, 0.2) is 4.52 Å². The van der Waals surface area contributed by atoms with Crippen molar-refractivity contribution >= 4 is 11.8 Å². The molecule has 2 heterocycles. The molecule has 6 nitrogen and oxygen atoms in total. The normalized spacial score (nSPS) is 18.3. The summed E-state index contributed by atoms with van der Waals surface area (Å²) in [7, 11) is 0. The van der Waals surface area contributed by atoms with E-state index in [1.807, 2.05) is 9.80 Å². The van der Waals surface area contributed by atoms with Crippen LogP contribution < -0.4 is 0 Å². The lowest BCUT2D eigenvalue weighted by molar-refractivity contribution is -0.130. The summed E-state index contributed by atoms with van der Waals surface area (Å²) in [5.74, 6) is 1.05. The highest BCUT2D eigenvalue weighted by Crippen LogP contribution is 2.26. The highest BCUT2D eigenvalue weighted by molar-refractivity contribution is 5.94. The van der Waals surface area contributed by atoms with Crippen LogP contribution in [0.25, 0.3) is 0 Å². The van der Waals surface area contributed by atoms with Crippen molar-refractivity contribution in [1.82, 2.24) is 15.0 Å².